The van der Waals surface area contributed by atoms with Crippen molar-refractivity contribution in [3.8, 4) is 11.5 Å². The van der Waals surface area contributed by atoms with Crippen molar-refractivity contribution in [2.24, 2.45) is 0 Å². The Morgan fingerprint density at radius 2 is 2.15 bits per heavy atom. The quantitative estimate of drug-likeness (QED) is 0.795. The van der Waals surface area contributed by atoms with E-state index in [0.717, 1.165) is 12.1 Å². The van der Waals surface area contributed by atoms with Gasteiger partial charge in [0.05, 0.1) is 18.1 Å². The number of phenolic OH excluding ortho intramolecular Hbond substituents is 1. The summed E-state index contributed by atoms with van der Waals surface area (Å²) >= 11 is 3.30. The van der Waals surface area contributed by atoms with Crippen LogP contribution in [0.4, 0.5) is 0 Å². The standard InChI is InChI=1S/C14H21BrN2O3/c1-4-16-13(18)9-17(5-2)8-10-6-11(15)14(19)12(7-10)20-3/h6-7,19H,4-5,8-9H2,1-3H3,(H,16,18). The maximum Gasteiger partial charge on any atom is 0.234 e. The maximum absolute atomic E-state index is 11.6. The molecule has 112 valence electrons. The second-order valence-electron chi connectivity index (χ2n) is 4.39. The molecule has 1 aromatic rings. The van der Waals surface area contributed by atoms with Crippen molar-refractivity contribution in [3.05, 3.63) is 22.2 Å². The van der Waals surface area contributed by atoms with Gasteiger partial charge in [-0.15, -0.1) is 0 Å². The monoisotopic (exact) mass is 344 g/mol. The molecular formula is C14H21BrN2O3. The van der Waals surface area contributed by atoms with Gasteiger partial charge in [-0.25, -0.2) is 0 Å². The predicted octanol–water partition coefficient (Wildman–Crippen LogP) is 2.12. The van der Waals surface area contributed by atoms with Crippen molar-refractivity contribution in [1.29, 1.82) is 0 Å². The molecule has 0 aliphatic heterocycles. The molecule has 0 bridgehead atoms. The van der Waals surface area contributed by atoms with E-state index in [2.05, 4.69) is 21.2 Å². The number of hydrogen-bond acceptors (Lipinski definition) is 4. The summed E-state index contributed by atoms with van der Waals surface area (Å²) in [7, 11) is 1.51. The lowest BCUT2D eigenvalue weighted by molar-refractivity contribution is -0.122. The van der Waals surface area contributed by atoms with Crippen LogP contribution in [0.3, 0.4) is 0 Å². The minimum atomic E-state index is 0.0131. The van der Waals surface area contributed by atoms with Crippen LogP contribution in [0.2, 0.25) is 0 Å². The lowest BCUT2D eigenvalue weighted by Gasteiger charge is -2.20. The largest absolute Gasteiger partial charge is 0.503 e. The van der Waals surface area contributed by atoms with E-state index in [4.69, 9.17) is 4.74 Å². The van der Waals surface area contributed by atoms with Gasteiger partial charge in [0.25, 0.3) is 0 Å². The first kappa shape index (κ1) is 16.8. The van der Waals surface area contributed by atoms with Crippen LogP contribution in [0, 0.1) is 0 Å². The molecule has 0 unspecified atom stereocenters. The van der Waals surface area contributed by atoms with E-state index in [1.807, 2.05) is 24.8 Å². The van der Waals surface area contributed by atoms with Crippen molar-refractivity contribution in [3.63, 3.8) is 0 Å². The van der Waals surface area contributed by atoms with Crippen LogP contribution in [0.15, 0.2) is 16.6 Å². The van der Waals surface area contributed by atoms with Crippen LogP contribution in [-0.2, 0) is 11.3 Å². The van der Waals surface area contributed by atoms with Crippen molar-refractivity contribution in [1.82, 2.24) is 10.2 Å². The van der Waals surface area contributed by atoms with Gasteiger partial charge in [0, 0.05) is 13.1 Å². The van der Waals surface area contributed by atoms with E-state index in [1.165, 1.54) is 7.11 Å². The summed E-state index contributed by atoms with van der Waals surface area (Å²) in [4.78, 5) is 13.6. The highest BCUT2D eigenvalue weighted by Crippen LogP contribution is 2.35. The summed E-state index contributed by atoms with van der Waals surface area (Å²) < 4.78 is 5.71. The highest BCUT2D eigenvalue weighted by molar-refractivity contribution is 9.10. The van der Waals surface area contributed by atoms with Gasteiger partial charge in [0.1, 0.15) is 0 Å². The third-order valence-corrected chi connectivity index (χ3v) is 3.51. The fourth-order valence-electron chi connectivity index (χ4n) is 1.87. The first-order valence-corrected chi connectivity index (χ1v) is 7.35. The van der Waals surface area contributed by atoms with Crippen LogP contribution in [0.25, 0.3) is 0 Å². The van der Waals surface area contributed by atoms with E-state index >= 15 is 0 Å². The zero-order chi connectivity index (χ0) is 15.1. The van der Waals surface area contributed by atoms with E-state index in [0.29, 0.717) is 29.9 Å². The molecule has 0 aromatic heterocycles. The molecule has 1 amide bonds. The summed E-state index contributed by atoms with van der Waals surface area (Å²) in [5.41, 5.74) is 0.970. The summed E-state index contributed by atoms with van der Waals surface area (Å²) in [6.07, 6.45) is 0. The van der Waals surface area contributed by atoms with Crippen molar-refractivity contribution in [2.45, 2.75) is 20.4 Å². The van der Waals surface area contributed by atoms with E-state index in [9.17, 15) is 9.90 Å². The number of methoxy groups -OCH3 is 1. The third-order valence-electron chi connectivity index (χ3n) is 2.90. The summed E-state index contributed by atoms with van der Waals surface area (Å²) in [5.74, 6) is 0.519. The number of hydrogen-bond donors (Lipinski definition) is 2. The second kappa shape index (κ2) is 8.11. The zero-order valence-electron chi connectivity index (χ0n) is 12.1. The number of phenols is 1. The first-order chi connectivity index (χ1) is 9.51. The highest BCUT2D eigenvalue weighted by atomic mass is 79.9. The number of likely N-dealkylation sites (N-methyl/N-ethyl adjacent to an activating group) is 2. The molecule has 1 aromatic carbocycles. The highest BCUT2D eigenvalue weighted by Gasteiger charge is 2.13. The van der Waals surface area contributed by atoms with Crippen LogP contribution in [0.5, 0.6) is 11.5 Å². The topological polar surface area (TPSA) is 61.8 Å². The number of carbonyl (C=O) groups excluding carboxylic acids is 1. The molecule has 0 heterocycles. The molecule has 0 radical (unpaired) electrons. The Balaban J connectivity index is 2.79. The molecular weight excluding hydrogens is 324 g/mol. The summed E-state index contributed by atoms with van der Waals surface area (Å²) in [6, 6.07) is 3.61. The molecule has 0 aliphatic carbocycles. The fourth-order valence-corrected chi connectivity index (χ4v) is 2.36. The maximum atomic E-state index is 11.6. The normalized spacial score (nSPS) is 10.7. The number of rotatable bonds is 7. The van der Waals surface area contributed by atoms with Gasteiger partial charge < -0.3 is 15.2 Å². The molecule has 6 heteroatoms. The fraction of sp³-hybridized carbons (Fsp3) is 0.500. The molecule has 0 atom stereocenters. The van der Waals surface area contributed by atoms with E-state index < -0.39 is 0 Å². The molecule has 0 saturated carbocycles. The van der Waals surface area contributed by atoms with Crippen LogP contribution in [0.1, 0.15) is 19.4 Å². The molecule has 0 saturated heterocycles. The van der Waals surface area contributed by atoms with Crippen molar-refractivity contribution >= 4 is 21.8 Å². The van der Waals surface area contributed by atoms with Crippen molar-refractivity contribution < 1.29 is 14.6 Å². The van der Waals surface area contributed by atoms with Crippen LogP contribution < -0.4 is 10.1 Å². The first-order valence-electron chi connectivity index (χ1n) is 6.56. The molecule has 2 N–H and O–H groups in total. The number of nitrogens with zero attached hydrogens (tertiary/aromatic N) is 1. The number of ether oxygens (including phenoxy) is 1. The van der Waals surface area contributed by atoms with Crippen LogP contribution >= 0.6 is 15.9 Å². The minimum Gasteiger partial charge on any atom is -0.503 e. The number of aromatic hydroxyl groups is 1. The predicted molar refractivity (Wildman–Crippen MR) is 82.0 cm³/mol. The molecule has 0 spiro atoms. The van der Waals surface area contributed by atoms with E-state index in [-0.39, 0.29) is 11.7 Å². The Hall–Kier alpha value is -1.27. The SMILES string of the molecule is CCNC(=O)CN(CC)Cc1cc(Br)c(O)c(OC)c1. The Bertz CT molecular complexity index is 466. The molecule has 1 rings (SSSR count). The minimum absolute atomic E-state index is 0.0131. The third kappa shape index (κ3) is 4.68. The average molecular weight is 345 g/mol. The number of nitrogens with one attached hydrogen (secondary N) is 1. The Kier molecular flexibility index (Phi) is 6.81. The Morgan fingerprint density at radius 1 is 1.45 bits per heavy atom. The van der Waals surface area contributed by atoms with Gasteiger partial charge >= 0.3 is 0 Å². The van der Waals surface area contributed by atoms with Gasteiger partial charge in [-0.1, -0.05) is 6.92 Å². The van der Waals surface area contributed by atoms with Crippen LogP contribution in [-0.4, -0.2) is 42.7 Å². The number of benzene rings is 1. The Morgan fingerprint density at radius 3 is 2.70 bits per heavy atom. The number of halogens is 1. The smallest absolute Gasteiger partial charge is 0.234 e. The van der Waals surface area contributed by atoms with Gasteiger partial charge in [-0.05, 0) is 47.1 Å². The van der Waals surface area contributed by atoms with Gasteiger partial charge in [0.15, 0.2) is 11.5 Å². The lowest BCUT2D eigenvalue weighted by Crippen LogP contribution is -2.36. The van der Waals surface area contributed by atoms with Gasteiger partial charge in [-0.3, -0.25) is 9.69 Å². The zero-order valence-corrected chi connectivity index (χ0v) is 13.7. The van der Waals surface area contributed by atoms with Crippen molar-refractivity contribution in [2.75, 3.05) is 26.7 Å². The Labute approximate surface area is 128 Å². The lowest BCUT2D eigenvalue weighted by atomic mass is 10.2. The number of amides is 1. The van der Waals surface area contributed by atoms with Gasteiger partial charge in [0.2, 0.25) is 5.91 Å². The molecule has 20 heavy (non-hydrogen) atoms. The summed E-state index contributed by atoms with van der Waals surface area (Å²) in [5, 5.41) is 12.6. The molecule has 0 aliphatic rings. The molecule has 5 nitrogen and oxygen atoms in total. The van der Waals surface area contributed by atoms with Gasteiger partial charge in [-0.2, -0.15) is 0 Å². The number of carbonyl (C=O) groups is 1. The summed E-state index contributed by atoms with van der Waals surface area (Å²) in [6.45, 7) is 6.27. The average Bonchev–Trinajstić information content (AvgIpc) is 2.42. The second-order valence-corrected chi connectivity index (χ2v) is 5.24. The molecule has 0 fully saturated rings. The van der Waals surface area contributed by atoms with E-state index in [1.54, 1.807) is 6.07 Å².